The van der Waals surface area contributed by atoms with Crippen LogP contribution in [-0.4, -0.2) is 40.3 Å². The molecule has 5 heteroatoms. The summed E-state index contributed by atoms with van der Waals surface area (Å²) in [5, 5.41) is 21.6. The number of aliphatic hydroxyl groups excluding tert-OH is 1. The highest BCUT2D eigenvalue weighted by Crippen LogP contribution is 2.68. The lowest BCUT2D eigenvalue weighted by Crippen LogP contribution is -2.59. The van der Waals surface area contributed by atoms with Gasteiger partial charge in [0, 0.05) is 12.3 Å². The molecule has 0 heterocycles. The maximum Gasteiger partial charge on any atom is 0.303 e. The molecule has 2 N–H and O–H groups in total. The fourth-order valence-corrected chi connectivity index (χ4v) is 8.00. The van der Waals surface area contributed by atoms with Gasteiger partial charge >= 0.3 is 5.97 Å². The molecule has 4 aliphatic carbocycles. The Balaban J connectivity index is 1.57. The summed E-state index contributed by atoms with van der Waals surface area (Å²) in [4.78, 5) is 24.0. The van der Waals surface area contributed by atoms with E-state index in [0.29, 0.717) is 30.1 Å². The third-order valence-corrected chi connectivity index (χ3v) is 9.66. The van der Waals surface area contributed by atoms with Crippen LogP contribution in [0.15, 0.2) is 0 Å². The Hall–Kier alpha value is -0.940. The number of aliphatic hydroxyl groups is 2. The molecule has 0 bridgehead atoms. The number of rotatable bonds is 3. The Morgan fingerprint density at radius 3 is 2.43 bits per heavy atom. The van der Waals surface area contributed by atoms with E-state index in [1.807, 2.05) is 0 Å². The van der Waals surface area contributed by atoms with Crippen LogP contribution >= 0.6 is 0 Å². The minimum absolute atomic E-state index is 0.140. The van der Waals surface area contributed by atoms with Gasteiger partial charge in [-0.15, -0.1) is 0 Å². The monoisotopic (exact) mass is 392 g/mol. The molecule has 0 saturated heterocycles. The number of fused-ring (bicyclic) bond motifs is 5. The van der Waals surface area contributed by atoms with Crippen molar-refractivity contribution in [2.24, 2.45) is 34.5 Å². The fraction of sp³-hybridized carbons (Fsp3) is 0.913. The summed E-state index contributed by atoms with van der Waals surface area (Å²) >= 11 is 0. The van der Waals surface area contributed by atoms with Gasteiger partial charge in [-0.3, -0.25) is 9.59 Å². The summed E-state index contributed by atoms with van der Waals surface area (Å²) in [7, 11) is 0. The minimum Gasteiger partial charge on any atom is -0.458 e. The van der Waals surface area contributed by atoms with Gasteiger partial charge in [-0.25, -0.2) is 0 Å². The van der Waals surface area contributed by atoms with Gasteiger partial charge in [-0.2, -0.15) is 0 Å². The molecule has 28 heavy (non-hydrogen) atoms. The molecule has 0 radical (unpaired) electrons. The summed E-state index contributed by atoms with van der Waals surface area (Å²) in [6.07, 6.45) is 8.36. The number of Topliss-reactive ketones (excluding diaryl/α,β-unsaturated/α-hetero) is 1. The van der Waals surface area contributed by atoms with E-state index in [1.165, 1.54) is 6.92 Å². The van der Waals surface area contributed by atoms with Gasteiger partial charge in [0.05, 0.1) is 6.10 Å². The first-order valence-electron chi connectivity index (χ1n) is 11.2. The van der Waals surface area contributed by atoms with Gasteiger partial charge in [-0.1, -0.05) is 13.8 Å². The molecule has 0 aromatic heterocycles. The quantitative estimate of drug-likeness (QED) is 0.720. The van der Waals surface area contributed by atoms with Gasteiger partial charge in [-0.05, 0) is 86.9 Å². The van der Waals surface area contributed by atoms with E-state index in [0.717, 1.165) is 51.4 Å². The molecule has 0 amide bonds. The third kappa shape index (κ3) is 2.79. The second-order valence-corrected chi connectivity index (χ2v) is 10.6. The number of carbonyl (C=O) groups is 2. The van der Waals surface area contributed by atoms with Crippen LogP contribution in [-0.2, 0) is 14.3 Å². The van der Waals surface area contributed by atoms with Crippen molar-refractivity contribution in [2.45, 2.75) is 90.3 Å². The van der Waals surface area contributed by atoms with Crippen LogP contribution < -0.4 is 0 Å². The molecule has 0 spiro atoms. The van der Waals surface area contributed by atoms with Crippen molar-refractivity contribution in [1.29, 1.82) is 0 Å². The largest absolute Gasteiger partial charge is 0.458 e. The SMILES string of the molecule is CC(=O)OCC(=O)[C@@]1(O)CC[C@H]2[C@@H]3CC[C@H]4C[C@@H](O)CC[C@]4(C)[C@H]3CC[C@@]21C. The molecule has 0 aliphatic heterocycles. The van der Waals surface area contributed by atoms with E-state index >= 15 is 0 Å². The molecule has 5 nitrogen and oxygen atoms in total. The van der Waals surface area contributed by atoms with E-state index in [2.05, 4.69) is 13.8 Å². The maximum absolute atomic E-state index is 12.9. The molecule has 158 valence electrons. The summed E-state index contributed by atoms with van der Waals surface area (Å²) < 4.78 is 4.94. The average molecular weight is 393 g/mol. The van der Waals surface area contributed by atoms with Gasteiger partial charge in [0.1, 0.15) is 5.60 Å². The first-order valence-corrected chi connectivity index (χ1v) is 11.2. The van der Waals surface area contributed by atoms with Gasteiger partial charge < -0.3 is 14.9 Å². The van der Waals surface area contributed by atoms with E-state index in [1.54, 1.807) is 0 Å². The van der Waals surface area contributed by atoms with Gasteiger partial charge in [0.2, 0.25) is 5.78 Å². The minimum atomic E-state index is -1.38. The zero-order valence-corrected chi connectivity index (χ0v) is 17.6. The van der Waals surface area contributed by atoms with Crippen LogP contribution in [0.3, 0.4) is 0 Å². The van der Waals surface area contributed by atoms with Crippen LogP contribution in [0.1, 0.15) is 78.6 Å². The molecule has 4 rings (SSSR count). The number of carbonyl (C=O) groups excluding carboxylic acids is 2. The third-order valence-electron chi connectivity index (χ3n) is 9.66. The average Bonchev–Trinajstić information content (AvgIpc) is 2.92. The molecule has 0 unspecified atom stereocenters. The van der Waals surface area contributed by atoms with Crippen molar-refractivity contribution < 1.29 is 24.5 Å². The standard InChI is InChI=1S/C23H36O5/c1-14(24)28-13-20(26)23(27)11-8-19-17-5-4-15-12-16(25)6-9-21(15,2)18(17)7-10-22(19,23)3/h15-19,25,27H,4-13H2,1-3H3/t15-,16-,17+,18-,19-,21-,22-,23-/m0/s1. The molecule has 4 saturated carbocycles. The second kappa shape index (κ2) is 6.80. The van der Waals surface area contributed by atoms with Crippen LogP contribution in [0.5, 0.6) is 0 Å². The summed E-state index contributed by atoms with van der Waals surface area (Å²) in [6.45, 7) is 5.52. The molecule has 4 fully saturated rings. The van der Waals surface area contributed by atoms with Crippen molar-refractivity contribution >= 4 is 11.8 Å². The number of hydrogen-bond acceptors (Lipinski definition) is 5. The van der Waals surface area contributed by atoms with Crippen LogP contribution in [0.4, 0.5) is 0 Å². The highest BCUT2D eigenvalue weighted by atomic mass is 16.5. The van der Waals surface area contributed by atoms with Crippen molar-refractivity contribution in [1.82, 2.24) is 0 Å². The molecular weight excluding hydrogens is 356 g/mol. The maximum atomic E-state index is 12.9. The predicted molar refractivity (Wildman–Crippen MR) is 104 cm³/mol. The topological polar surface area (TPSA) is 83.8 Å². The Bertz CT molecular complexity index is 661. The molecular formula is C23H36O5. The van der Waals surface area contributed by atoms with E-state index in [4.69, 9.17) is 4.74 Å². The van der Waals surface area contributed by atoms with Gasteiger partial charge in [0.15, 0.2) is 6.61 Å². The highest BCUT2D eigenvalue weighted by molar-refractivity contribution is 5.90. The molecule has 4 aliphatic rings. The van der Waals surface area contributed by atoms with Crippen LogP contribution in [0, 0.1) is 34.5 Å². The smallest absolute Gasteiger partial charge is 0.303 e. The summed E-state index contributed by atoms with van der Waals surface area (Å²) in [6, 6.07) is 0. The molecule has 8 atom stereocenters. The first-order chi connectivity index (χ1) is 13.1. The Morgan fingerprint density at radius 2 is 1.71 bits per heavy atom. The molecule has 0 aromatic rings. The zero-order chi connectivity index (χ0) is 20.3. The second-order valence-electron chi connectivity index (χ2n) is 10.6. The van der Waals surface area contributed by atoms with E-state index < -0.39 is 17.0 Å². The highest BCUT2D eigenvalue weighted by Gasteiger charge is 2.66. The number of esters is 1. The van der Waals surface area contributed by atoms with Crippen LogP contribution in [0.25, 0.3) is 0 Å². The van der Waals surface area contributed by atoms with Crippen molar-refractivity contribution in [3.63, 3.8) is 0 Å². The summed E-state index contributed by atoms with van der Waals surface area (Å²) in [5.74, 6) is 1.32. The van der Waals surface area contributed by atoms with E-state index in [-0.39, 0.29) is 23.9 Å². The predicted octanol–water partition coefficient (Wildman–Crippen LogP) is 3.25. The lowest BCUT2D eigenvalue weighted by molar-refractivity contribution is -0.176. The number of ether oxygens (including phenoxy) is 1. The van der Waals surface area contributed by atoms with Crippen molar-refractivity contribution in [3.05, 3.63) is 0 Å². The first kappa shape index (κ1) is 20.3. The Labute approximate surface area is 168 Å². The summed E-state index contributed by atoms with van der Waals surface area (Å²) in [5.41, 5.74) is -1.52. The van der Waals surface area contributed by atoms with Crippen molar-refractivity contribution in [2.75, 3.05) is 6.61 Å². The zero-order valence-electron chi connectivity index (χ0n) is 17.6. The lowest BCUT2D eigenvalue weighted by atomic mass is 9.44. The Kier molecular flexibility index (Phi) is 4.94. The normalized spacial score (nSPS) is 50.2. The van der Waals surface area contributed by atoms with Crippen LogP contribution in [0.2, 0.25) is 0 Å². The number of ketones is 1. The Morgan fingerprint density at radius 1 is 1.00 bits per heavy atom. The lowest BCUT2D eigenvalue weighted by Gasteiger charge is -2.61. The van der Waals surface area contributed by atoms with Gasteiger partial charge in [0.25, 0.3) is 0 Å². The molecule has 0 aromatic carbocycles. The number of hydrogen-bond donors (Lipinski definition) is 2. The van der Waals surface area contributed by atoms with Crippen molar-refractivity contribution in [3.8, 4) is 0 Å². The van der Waals surface area contributed by atoms with E-state index in [9.17, 15) is 19.8 Å². The fourth-order valence-electron chi connectivity index (χ4n) is 8.00.